The molecule has 0 radical (unpaired) electrons. The van der Waals surface area contributed by atoms with Crippen molar-refractivity contribution in [2.75, 3.05) is 13.6 Å². The standard InChI is InChI=1S/C7H8Cl3N3S2/c1-3-13(2)5(14)4-11-6(12-15-4)7(8,9)10/h3H2,1-2H3. The van der Waals surface area contributed by atoms with E-state index < -0.39 is 3.79 Å². The van der Waals surface area contributed by atoms with Crippen molar-refractivity contribution in [2.45, 2.75) is 10.7 Å². The summed E-state index contributed by atoms with van der Waals surface area (Å²) in [6, 6.07) is 0. The van der Waals surface area contributed by atoms with E-state index in [1.54, 1.807) is 0 Å². The Labute approximate surface area is 113 Å². The van der Waals surface area contributed by atoms with Crippen LogP contribution in [0.25, 0.3) is 0 Å². The van der Waals surface area contributed by atoms with Gasteiger partial charge in [-0.1, -0.05) is 47.0 Å². The third-order valence-corrected chi connectivity index (χ3v) is 3.55. The average Bonchev–Trinajstić information content (AvgIpc) is 2.63. The maximum Gasteiger partial charge on any atom is 0.251 e. The lowest BCUT2D eigenvalue weighted by atomic mass is 10.5. The predicted molar refractivity (Wildman–Crippen MR) is 69.2 cm³/mol. The first-order valence-corrected chi connectivity index (χ1v) is 6.34. The molecule has 1 heterocycles. The van der Waals surface area contributed by atoms with Crippen molar-refractivity contribution in [1.29, 1.82) is 0 Å². The zero-order valence-electron chi connectivity index (χ0n) is 8.00. The predicted octanol–water partition coefficient (Wildman–Crippen LogP) is 2.99. The zero-order valence-corrected chi connectivity index (χ0v) is 11.9. The maximum absolute atomic E-state index is 5.65. The van der Waals surface area contributed by atoms with Gasteiger partial charge in [-0.25, -0.2) is 4.98 Å². The van der Waals surface area contributed by atoms with Crippen molar-refractivity contribution in [1.82, 2.24) is 14.3 Å². The Balaban J connectivity index is 2.90. The van der Waals surface area contributed by atoms with Crippen molar-refractivity contribution >= 4 is 63.5 Å². The first-order valence-electron chi connectivity index (χ1n) is 4.02. The van der Waals surface area contributed by atoms with Crippen LogP contribution in [-0.4, -0.2) is 32.8 Å². The summed E-state index contributed by atoms with van der Waals surface area (Å²) in [6.45, 7) is 2.78. The highest BCUT2D eigenvalue weighted by Crippen LogP contribution is 2.36. The number of aromatic nitrogens is 2. The Morgan fingerprint density at radius 2 is 2.13 bits per heavy atom. The summed E-state index contributed by atoms with van der Waals surface area (Å²) in [4.78, 5) is 6.56. The van der Waals surface area contributed by atoms with E-state index in [-0.39, 0.29) is 5.82 Å². The van der Waals surface area contributed by atoms with Gasteiger partial charge in [-0.2, -0.15) is 4.37 Å². The van der Waals surface area contributed by atoms with Gasteiger partial charge in [-0.3, -0.25) is 0 Å². The molecule has 0 spiro atoms. The molecule has 1 rings (SSSR count). The molecule has 0 saturated carbocycles. The molecule has 0 amide bonds. The van der Waals surface area contributed by atoms with Gasteiger partial charge in [-0.05, 0) is 18.5 Å². The topological polar surface area (TPSA) is 29.0 Å². The molecule has 8 heteroatoms. The smallest absolute Gasteiger partial charge is 0.251 e. The molecule has 0 atom stereocenters. The lowest BCUT2D eigenvalue weighted by Gasteiger charge is -2.14. The van der Waals surface area contributed by atoms with Gasteiger partial charge < -0.3 is 4.90 Å². The molecular weight excluding hydrogens is 297 g/mol. The van der Waals surface area contributed by atoms with Gasteiger partial charge in [0.25, 0.3) is 3.79 Å². The second-order valence-corrected chi connectivity index (χ2v) is 6.16. The Bertz CT molecular complexity index is 361. The van der Waals surface area contributed by atoms with Crippen LogP contribution >= 0.6 is 58.6 Å². The van der Waals surface area contributed by atoms with Gasteiger partial charge in [0.05, 0.1) is 0 Å². The molecule has 0 aliphatic rings. The van der Waals surface area contributed by atoms with E-state index in [4.69, 9.17) is 47.0 Å². The molecule has 0 N–H and O–H groups in total. The fourth-order valence-electron chi connectivity index (χ4n) is 0.732. The minimum absolute atomic E-state index is 0.166. The first kappa shape index (κ1) is 13.4. The lowest BCUT2D eigenvalue weighted by Crippen LogP contribution is -2.25. The van der Waals surface area contributed by atoms with Gasteiger partial charge in [0, 0.05) is 13.6 Å². The largest absolute Gasteiger partial charge is 0.364 e. The number of thiocarbonyl (C=S) groups is 1. The molecule has 0 bridgehead atoms. The molecule has 15 heavy (non-hydrogen) atoms. The van der Waals surface area contributed by atoms with E-state index in [1.807, 2.05) is 18.9 Å². The van der Waals surface area contributed by atoms with E-state index in [0.717, 1.165) is 18.1 Å². The molecule has 0 aromatic carbocycles. The van der Waals surface area contributed by atoms with Gasteiger partial charge in [-0.15, -0.1) is 0 Å². The fraction of sp³-hybridized carbons (Fsp3) is 0.571. The number of hydrogen-bond acceptors (Lipinski definition) is 4. The van der Waals surface area contributed by atoms with Crippen molar-refractivity contribution in [3.63, 3.8) is 0 Å². The minimum atomic E-state index is -1.59. The Hall–Kier alpha value is 0.320. The number of rotatable bonds is 2. The molecule has 0 aliphatic carbocycles. The number of nitrogens with zero attached hydrogens (tertiary/aromatic N) is 3. The van der Waals surface area contributed by atoms with Crippen LogP contribution in [0.1, 0.15) is 17.8 Å². The van der Waals surface area contributed by atoms with Crippen molar-refractivity contribution < 1.29 is 0 Å². The van der Waals surface area contributed by atoms with Crippen LogP contribution in [0.5, 0.6) is 0 Å². The normalized spacial score (nSPS) is 11.5. The summed E-state index contributed by atoms with van der Waals surface area (Å²) in [5, 5.41) is 0.593. The first-order chi connectivity index (χ1) is 6.86. The third-order valence-electron chi connectivity index (χ3n) is 1.68. The Kier molecular flexibility index (Phi) is 4.55. The molecule has 1 aromatic rings. The summed E-state index contributed by atoms with van der Waals surface area (Å²) in [5.74, 6) is 0.166. The summed E-state index contributed by atoms with van der Waals surface area (Å²) in [6.07, 6.45) is 0. The minimum Gasteiger partial charge on any atom is -0.364 e. The molecule has 0 fully saturated rings. The van der Waals surface area contributed by atoms with Crippen molar-refractivity contribution in [3.05, 3.63) is 10.8 Å². The van der Waals surface area contributed by atoms with Gasteiger partial charge in [0.15, 0.2) is 10.8 Å². The summed E-state index contributed by atoms with van der Waals surface area (Å²) in [5.41, 5.74) is 0. The average molecular weight is 305 g/mol. The van der Waals surface area contributed by atoms with E-state index in [1.165, 1.54) is 0 Å². The molecule has 1 aromatic heterocycles. The van der Waals surface area contributed by atoms with E-state index in [0.29, 0.717) is 10.00 Å². The number of halogens is 3. The van der Waals surface area contributed by atoms with E-state index in [2.05, 4.69) is 9.36 Å². The van der Waals surface area contributed by atoms with Crippen molar-refractivity contribution in [2.24, 2.45) is 0 Å². The Morgan fingerprint density at radius 1 is 1.53 bits per heavy atom. The molecule has 3 nitrogen and oxygen atoms in total. The molecule has 84 valence electrons. The lowest BCUT2D eigenvalue weighted by molar-refractivity contribution is 0.546. The molecule has 0 saturated heterocycles. The van der Waals surface area contributed by atoms with E-state index >= 15 is 0 Å². The second-order valence-electron chi connectivity index (χ2n) is 2.74. The highest BCUT2D eigenvalue weighted by molar-refractivity contribution is 7.81. The molecule has 0 unspecified atom stereocenters. The van der Waals surface area contributed by atoms with Crippen LogP contribution in [0, 0.1) is 0 Å². The highest BCUT2D eigenvalue weighted by Gasteiger charge is 2.29. The van der Waals surface area contributed by atoms with Gasteiger partial charge >= 0.3 is 0 Å². The van der Waals surface area contributed by atoms with Crippen LogP contribution in [0.2, 0.25) is 0 Å². The highest BCUT2D eigenvalue weighted by atomic mass is 35.6. The quantitative estimate of drug-likeness (QED) is 0.620. The third kappa shape index (κ3) is 3.39. The Morgan fingerprint density at radius 3 is 2.53 bits per heavy atom. The summed E-state index contributed by atoms with van der Waals surface area (Å²) < 4.78 is 2.36. The SMILES string of the molecule is CCN(C)C(=S)c1nc(C(Cl)(Cl)Cl)ns1. The number of alkyl halides is 3. The van der Waals surface area contributed by atoms with Crippen LogP contribution in [0.3, 0.4) is 0 Å². The molecular formula is C7H8Cl3N3S2. The van der Waals surface area contributed by atoms with Crippen LogP contribution in [-0.2, 0) is 3.79 Å². The summed E-state index contributed by atoms with van der Waals surface area (Å²) in [7, 11) is 1.87. The fourth-order valence-corrected chi connectivity index (χ4v) is 2.13. The van der Waals surface area contributed by atoms with Gasteiger partial charge in [0.2, 0.25) is 0 Å². The van der Waals surface area contributed by atoms with Crippen molar-refractivity contribution in [3.8, 4) is 0 Å². The summed E-state index contributed by atoms with van der Waals surface area (Å²) >= 11 is 23.3. The van der Waals surface area contributed by atoms with Crippen LogP contribution in [0.4, 0.5) is 0 Å². The van der Waals surface area contributed by atoms with Crippen LogP contribution in [0.15, 0.2) is 0 Å². The number of hydrogen-bond donors (Lipinski definition) is 0. The maximum atomic E-state index is 5.65. The van der Waals surface area contributed by atoms with Crippen LogP contribution < -0.4 is 0 Å². The second kappa shape index (κ2) is 5.10. The molecule has 0 aliphatic heterocycles. The zero-order chi connectivity index (χ0) is 11.6. The van der Waals surface area contributed by atoms with E-state index in [9.17, 15) is 0 Å². The monoisotopic (exact) mass is 303 g/mol. The van der Waals surface area contributed by atoms with Gasteiger partial charge in [0.1, 0.15) is 4.99 Å².